The van der Waals surface area contributed by atoms with Gasteiger partial charge in [0, 0.05) is 18.3 Å². The molecule has 7 aromatic rings. The van der Waals surface area contributed by atoms with Gasteiger partial charge >= 0.3 is 5.97 Å². The number of halogens is 2. The van der Waals surface area contributed by atoms with Gasteiger partial charge in [0.15, 0.2) is 23.1 Å². The number of allylic oxidation sites excluding steroid dienone is 1. The highest BCUT2D eigenvalue weighted by Crippen LogP contribution is 2.45. The van der Waals surface area contributed by atoms with Crippen LogP contribution in [0.15, 0.2) is 132 Å². The molecule has 0 bridgehead atoms. The highest BCUT2D eigenvalue weighted by molar-refractivity contribution is 8.02. The molecule has 55 heavy (non-hydrogen) atoms. The average Bonchev–Trinajstić information content (AvgIpc) is 3.96. The Morgan fingerprint density at radius 2 is 1.58 bits per heavy atom. The lowest BCUT2D eigenvalue weighted by Gasteiger charge is -2.38. The highest BCUT2D eigenvalue weighted by Gasteiger charge is 2.41. The SMILES string of the molecule is CC1=CSC(C(C)CCC(=O)O)N1Nc1nc(-c2cn(C(c3ccccc3)(c3ccccc3)c3ccccc3)c3ncc(Cl)nc23)nc(-c2cccs2)c1F. The van der Waals surface area contributed by atoms with Gasteiger partial charge in [0.2, 0.25) is 0 Å². The van der Waals surface area contributed by atoms with Gasteiger partial charge in [0.25, 0.3) is 0 Å². The number of hydrogen-bond donors (Lipinski definition) is 2. The van der Waals surface area contributed by atoms with Crippen molar-refractivity contribution in [3.8, 4) is 22.0 Å². The minimum absolute atomic E-state index is 0.0315. The van der Waals surface area contributed by atoms with Gasteiger partial charge in [-0.25, -0.2) is 24.3 Å². The van der Waals surface area contributed by atoms with Crippen LogP contribution >= 0.6 is 34.7 Å². The predicted octanol–water partition coefficient (Wildman–Crippen LogP) is 10.3. The fourth-order valence-electron chi connectivity index (χ4n) is 7.20. The van der Waals surface area contributed by atoms with Gasteiger partial charge < -0.3 is 9.67 Å². The van der Waals surface area contributed by atoms with Crippen molar-refractivity contribution in [3.05, 3.63) is 160 Å². The fourth-order valence-corrected chi connectivity index (χ4v) is 9.23. The lowest BCUT2D eigenvalue weighted by atomic mass is 9.76. The normalized spacial score (nSPS) is 14.9. The second-order valence-corrected chi connectivity index (χ2v) is 15.6. The third-order valence-electron chi connectivity index (χ3n) is 9.79. The summed E-state index contributed by atoms with van der Waals surface area (Å²) >= 11 is 9.52. The van der Waals surface area contributed by atoms with Gasteiger partial charge in [-0.15, -0.1) is 23.1 Å². The molecule has 0 saturated heterocycles. The number of aliphatic carboxylic acids is 1. The third-order valence-corrected chi connectivity index (χ3v) is 12.3. The molecular weight excluding hydrogens is 753 g/mol. The molecule has 2 N–H and O–H groups in total. The lowest BCUT2D eigenvalue weighted by Crippen LogP contribution is -2.38. The summed E-state index contributed by atoms with van der Waals surface area (Å²) in [5.41, 5.74) is 7.71. The van der Waals surface area contributed by atoms with Crippen LogP contribution in [0.1, 0.15) is 43.4 Å². The van der Waals surface area contributed by atoms with Crippen LogP contribution in [0, 0.1) is 11.7 Å². The van der Waals surface area contributed by atoms with Gasteiger partial charge in [0.1, 0.15) is 27.3 Å². The average molecular weight is 788 g/mol. The minimum atomic E-state index is -0.950. The maximum Gasteiger partial charge on any atom is 0.303 e. The Balaban J connectivity index is 1.37. The van der Waals surface area contributed by atoms with Crippen molar-refractivity contribution in [1.29, 1.82) is 0 Å². The number of hydrogen-bond acceptors (Lipinski definition) is 9. The number of benzene rings is 3. The van der Waals surface area contributed by atoms with Crippen LogP contribution < -0.4 is 5.43 Å². The maximum atomic E-state index is 16.8. The molecule has 8 rings (SSSR count). The highest BCUT2D eigenvalue weighted by atomic mass is 35.5. The van der Waals surface area contributed by atoms with Gasteiger partial charge in [0.05, 0.1) is 16.6 Å². The van der Waals surface area contributed by atoms with Gasteiger partial charge in [-0.2, -0.15) is 0 Å². The summed E-state index contributed by atoms with van der Waals surface area (Å²) in [4.78, 5) is 31.5. The number of anilines is 1. The zero-order valence-electron chi connectivity index (χ0n) is 29.8. The summed E-state index contributed by atoms with van der Waals surface area (Å²) in [5.74, 6) is -1.33. The number of carboxylic acids is 1. The molecule has 1 aliphatic heterocycles. The van der Waals surface area contributed by atoms with Crippen molar-refractivity contribution in [2.75, 3.05) is 5.43 Å². The van der Waals surface area contributed by atoms with E-state index < -0.39 is 17.3 Å². The second-order valence-electron chi connectivity index (χ2n) is 13.3. The van der Waals surface area contributed by atoms with Crippen LogP contribution in [0.3, 0.4) is 0 Å². The monoisotopic (exact) mass is 787 g/mol. The molecule has 3 aromatic carbocycles. The first kappa shape index (κ1) is 36.4. The first-order valence-corrected chi connectivity index (χ1v) is 19.9. The van der Waals surface area contributed by atoms with Crippen molar-refractivity contribution >= 4 is 57.7 Å². The Kier molecular flexibility index (Phi) is 10.1. The Morgan fingerprint density at radius 3 is 2.16 bits per heavy atom. The molecule has 276 valence electrons. The number of carboxylic acid groups (broad SMARTS) is 1. The van der Waals surface area contributed by atoms with Crippen molar-refractivity contribution < 1.29 is 14.3 Å². The van der Waals surface area contributed by atoms with Crippen LogP contribution in [0.5, 0.6) is 0 Å². The number of fused-ring (bicyclic) bond motifs is 1. The summed E-state index contributed by atoms with van der Waals surface area (Å²) in [6.07, 6.45) is 3.95. The Hall–Kier alpha value is -5.56. The molecule has 13 heteroatoms. The summed E-state index contributed by atoms with van der Waals surface area (Å²) in [5, 5.41) is 15.1. The lowest BCUT2D eigenvalue weighted by molar-refractivity contribution is -0.137. The van der Waals surface area contributed by atoms with E-state index in [1.54, 1.807) is 11.8 Å². The minimum Gasteiger partial charge on any atom is -0.481 e. The van der Waals surface area contributed by atoms with Crippen LogP contribution in [-0.4, -0.2) is 46.0 Å². The van der Waals surface area contributed by atoms with Gasteiger partial charge in [-0.1, -0.05) is 116 Å². The van der Waals surface area contributed by atoms with E-state index >= 15 is 4.39 Å². The number of thioether (sulfide) groups is 1. The molecule has 0 spiro atoms. The molecule has 0 saturated carbocycles. The quantitative estimate of drug-likeness (QED) is 0.117. The topological polar surface area (TPSA) is 109 Å². The molecular formula is C42H35ClFN7O2S2. The Labute approximate surface area is 330 Å². The number of rotatable bonds is 12. The van der Waals surface area contributed by atoms with E-state index in [4.69, 9.17) is 31.5 Å². The Morgan fingerprint density at radius 1 is 0.945 bits per heavy atom. The molecule has 1 aliphatic rings. The van der Waals surface area contributed by atoms with Crippen molar-refractivity contribution in [2.45, 2.75) is 37.6 Å². The second kappa shape index (κ2) is 15.3. The number of hydrazine groups is 1. The van der Waals surface area contributed by atoms with Gasteiger partial charge in [-0.3, -0.25) is 15.2 Å². The molecule has 2 unspecified atom stereocenters. The third kappa shape index (κ3) is 6.75. The van der Waals surface area contributed by atoms with Crippen LogP contribution in [-0.2, 0) is 10.3 Å². The van der Waals surface area contributed by atoms with Crippen LogP contribution in [0.2, 0.25) is 5.15 Å². The van der Waals surface area contributed by atoms with Crippen LogP contribution in [0.25, 0.3) is 33.1 Å². The molecule has 9 nitrogen and oxygen atoms in total. The molecule has 0 fully saturated rings. The summed E-state index contributed by atoms with van der Waals surface area (Å²) < 4.78 is 18.9. The van der Waals surface area contributed by atoms with E-state index in [0.717, 1.165) is 22.4 Å². The first-order chi connectivity index (χ1) is 26.8. The molecule has 0 radical (unpaired) electrons. The van der Waals surface area contributed by atoms with E-state index in [0.29, 0.717) is 28.0 Å². The zero-order valence-corrected chi connectivity index (χ0v) is 32.2. The van der Waals surface area contributed by atoms with E-state index in [9.17, 15) is 9.90 Å². The molecule has 0 aliphatic carbocycles. The van der Waals surface area contributed by atoms with Gasteiger partial charge in [-0.05, 0) is 52.8 Å². The summed E-state index contributed by atoms with van der Waals surface area (Å²) in [6.45, 7) is 3.92. The number of aromatic nitrogens is 5. The van der Waals surface area contributed by atoms with E-state index in [-0.39, 0.29) is 40.2 Å². The number of carbonyl (C=O) groups is 1. The van der Waals surface area contributed by atoms with Crippen LogP contribution in [0.4, 0.5) is 10.2 Å². The smallest absolute Gasteiger partial charge is 0.303 e. The molecule has 2 atom stereocenters. The largest absolute Gasteiger partial charge is 0.481 e. The first-order valence-electron chi connectivity index (χ1n) is 17.7. The van der Waals surface area contributed by atoms with Crippen molar-refractivity contribution in [2.24, 2.45) is 5.92 Å². The van der Waals surface area contributed by atoms with E-state index in [1.165, 1.54) is 17.5 Å². The van der Waals surface area contributed by atoms with Crippen molar-refractivity contribution in [1.82, 2.24) is 29.5 Å². The molecule has 0 amide bonds. The summed E-state index contributed by atoms with van der Waals surface area (Å²) in [6, 6.07) is 34.3. The van der Waals surface area contributed by atoms with E-state index in [2.05, 4.69) is 46.4 Å². The van der Waals surface area contributed by atoms with Crippen molar-refractivity contribution in [3.63, 3.8) is 0 Å². The standard InChI is InChI=1S/C42H35ClFN7O2S2/c1-26(20-21-34(52)53)41-51(27(2)25-55-41)49-39-35(44)37(32-19-12-22-54-32)47-38(48-39)31-24-50(40-36(31)46-33(43)23-45-40)42(28-13-6-3-7-14-28,29-15-8-4-9-16-29)30-17-10-5-11-18-30/h3-19,22-26,41H,20-21H2,1-2H3,(H,52,53)(H,47,48,49). The zero-order chi connectivity index (χ0) is 38.1. The van der Waals surface area contributed by atoms with E-state index in [1.807, 2.05) is 103 Å². The number of thiophene rings is 1. The predicted molar refractivity (Wildman–Crippen MR) is 218 cm³/mol. The number of nitrogens with zero attached hydrogens (tertiary/aromatic N) is 6. The Bertz CT molecular complexity index is 2400. The summed E-state index contributed by atoms with van der Waals surface area (Å²) in [7, 11) is 0. The fraction of sp³-hybridized carbons (Fsp3) is 0.167. The molecule has 5 heterocycles. The molecule has 4 aromatic heterocycles. The maximum absolute atomic E-state index is 16.8. The number of nitrogens with one attached hydrogen (secondary N) is 1.